The zero-order valence-electron chi connectivity index (χ0n) is 29.6. The van der Waals surface area contributed by atoms with Crippen molar-refractivity contribution < 1.29 is 0 Å². The fourth-order valence-corrected chi connectivity index (χ4v) is 10.1. The van der Waals surface area contributed by atoms with Crippen LogP contribution in [-0.4, -0.2) is 9.97 Å². The average molecular weight is 715 g/mol. The Kier molecular flexibility index (Phi) is 6.54. The SMILES string of the molecule is c1ccc(-c2nc3cc(-c4ccc(-c5nc6c7ccccc7ccc6c6c5ccc5ccccc56)cc4)ccc3c3c2ccc2c4ccccc4sc23)cc1. The van der Waals surface area contributed by atoms with Crippen molar-refractivity contribution in [3.05, 3.63) is 182 Å². The van der Waals surface area contributed by atoms with Crippen LogP contribution in [0, 0.1) is 0 Å². The molecule has 254 valence electrons. The Labute approximate surface area is 320 Å². The molecule has 2 nitrogen and oxygen atoms in total. The molecule has 0 spiro atoms. The van der Waals surface area contributed by atoms with Crippen LogP contribution >= 0.6 is 11.3 Å². The van der Waals surface area contributed by atoms with Crippen LogP contribution in [0.15, 0.2) is 182 Å². The number of benzene rings is 9. The van der Waals surface area contributed by atoms with Crippen molar-refractivity contribution in [3.63, 3.8) is 0 Å². The van der Waals surface area contributed by atoms with Crippen LogP contribution in [0.1, 0.15) is 0 Å². The van der Waals surface area contributed by atoms with Crippen LogP contribution in [0.25, 0.3) is 119 Å². The van der Waals surface area contributed by atoms with Gasteiger partial charge in [0.2, 0.25) is 0 Å². The lowest BCUT2D eigenvalue weighted by Crippen LogP contribution is -1.92. The lowest BCUT2D eigenvalue weighted by Gasteiger charge is -2.15. The summed E-state index contributed by atoms with van der Waals surface area (Å²) in [5.41, 5.74) is 8.57. The molecule has 0 unspecified atom stereocenters. The maximum Gasteiger partial charge on any atom is 0.0794 e. The summed E-state index contributed by atoms with van der Waals surface area (Å²) in [5, 5.41) is 14.7. The fraction of sp³-hybridized carbons (Fsp3) is 0. The number of rotatable bonds is 3. The monoisotopic (exact) mass is 714 g/mol. The third kappa shape index (κ3) is 4.60. The first-order valence-corrected chi connectivity index (χ1v) is 19.6. The van der Waals surface area contributed by atoms with E-state index in [-0.39, 0.29) is 0 Å². The average Bonchev–Trinajstić information content (AvgIpc) is 3.64. The van der Waals surface area contributed by atoms with Crippen molar-refractivity contribution in [1.29, 1.82) is 0 Å². The second-order valence-electron chi connectivity index (χ2n) is 14.5. The van der Waals surface area contributed by atoms with Crippen LogP contribution in [0.2, 0.25) is 0 Å². The highest BCUT2D eigenvalue weighted by Gasteiger charge is 2.18. The zero-order valence-corrected chi connectivity index (χ0v) is 30.4. The van der Waals surface area contributed by atoms with Crippen LogP contribution < -0.4 is 0 Å². The largest absolute Gasteiger partial charge is 0.247 e. The summed E-state index contributed by atoms with van der Waals surface area (Å²) in [6.07, 6.45) is 0. The molecule has 0 N–H and O–H groups in total. The summed E-state index contributed by atoms with van der Waals surface area (Å²) >= 11 is 1.88. The van der Waals surface area contributed by atoms with E-state index < -0.39 is 0 Å². The van der Waals surface area contributed by atoms with Crippen LogP contribution in [0.3, 0.4) is 0 Å². The van der Waals surface area contributed by atoms with E-state index in [4.69, 9.17) is 9.97 Å². The molecule has 0 aliphatic carbocycles. The van der Waals surface area contributed by atoms with Gasteiger partial charge in [-0.15, -0.1) is 11.3 Å². The highest BCUT2D eigenvalue weighted by Crippen LogP contribution is 2.44. The molecule has 3 heteroatoms. The topological polar surface area (TPSA) is 25.8 Å². The van der Waals surface area contributed by atoms with E-state index in [2.05, 4.69) is 182 Å². The number of nitrogens with zero attached hydrogens (tertiary/aromatic N) is 2. The molecule has 0 aliphatic rings. The van der Waals surface area contributed by atoms with Crippen LogP contribution in [0.5, 0.6) is 0 Å². The molecule has 12 rings (SSSR count). The van der Waals surface area contributed by atoms with E-state index in [9.17, 15) is 0 Å². The van der Waals surface area contributed by atoms with Gasteiger partial charge in [0.25, 0.3) is 0 Å². The molecule has 0 radical (unpaired) electrons. The highest BCUT2D eigenvalue weighted by atomic mass is 32.1. The Balaban J connectivity index is 1.05. The molecule has 0 atom stereocenters. The summed E-state index contributed by atoms with van der Waals surface area (Å²) in [6.45, 7) is 0. The lowest BCUT2D eigenvalue weighted by molar-refractivity contribution is 1.43. The smallest absolute Gasteiger partial charge is 0.0794 e. The number of pyridine rings is 2. The molecule has 0 saturated heterocycles. The standard InChI is InChI=1S/C52H30N2S/c1-2-12-34(13-3-1)49-44-29-28-40-39-16-8-9-17-46(39)55-52(40)48(44)41-25-24-36(30-45(41)53-49)31-18-20-35(21-19-31)50-42-26-22-32-10-4-6-14-37(32)47(42)43-27-23-33-11-5-7-15-38(33)51(43)54-50/h1-30H. The van der Waals surface area contributed by atoms with Crippen molar-refractivity contribution in [1.82, 2.24) is 9.97 Å². The third-order valence-corrected chi connectivity index (χ3v) is 12.6. The molecule has 0 fully saturated rings. The minimum absolute atomic E-state index is 0.999. The molecule has 12 aromatic rings. The molecule has 9 aromatic carbocycles. The normalized spacial score (nSPS) is 12.0. The maximum absolute atomic E-state index is 5.45. The van der Waals surface area contributed by atoms with E-state index in [1.54, 1.807) is 0 Å². The first kappa shape index (κ1) is 30.5. The van der Waals surface area contributed by atoms with Crippen molar-refractivity contribution >= 4 is 96.4 Å². The van der Waals surface area contributed by atoms with Crippen LogP contribution in [-0.2, 0) is 0 Å². The maximum atomic E-state index is 5.45. The van der Waals surface area contributed by atoms with Gasteiger partial charge in [0.1, 0.15) is 0 Å². The van der Waals surface area contributed by atoms with Crippen molar-refractivity contribution in [2.24, 2.45) is 0 Å². The Hall–Kier alpha value is -6.94. The van der Waals surface area contributed by atoms with E-state index in [0.29, 0.717) is 0 Å². The van der Waals surface area contributed by atoms with Gasteiger partial charge in [0, 0.05) is 69.0 Å². The van der Waals surface area contributed by atoms with Gasteiger partial charge in [0.05, 0.1) is 22.4 Å². The van der Waals surface area contributed by atoms with Gasteiger partial charge in [-0.25, -0.2) is 9.97 Å². The van der Waals surface area contributed by atoms with E-state index >= 15 is 0 Å². The Morgan fingerprint density at radius 1 is 0.327 bits per heavy atom. The molecule has 0 aliphatic heterocycles. The second kappa shape index (κ2) is 11.8. The minimum atomic E-state index is 0.999. The second-order valence-corrected chi connectivity index (χ2v) is 15.5. The summed E-state index contributed by atoms with van der Waals surface area (Å²) in [7, 11) is 0. The van der Waals surface area contributed by atoms with Gasteiger partial charge in [-0.05, 0) is 39.4 Å². The predicted octanol–water partition coefficient (Wildman–Crippen LogP) is 14.8. The molecule has 55 heavy (non-hydrogen) atoms. The molecule has 0 amide bonds. The zero-order chi connectivity index (χ0) is 36.0. The molecule has 0 bridgehead atoms. The lowest BCUT2D eigenvalue weighted by atomic mass is 9.93. The van der Waals surface area contributed by atoms with Gasteiger partial charge in [0.15, 0.2) is 0 Å². The third-order valence-electron chi connectivity index (χ3n) is 11.4. The van der Waals surface area contributed by atoms with E-state index in [1.165, 1.54) is 68.6 Å². The number of thiophene rings is 1. The molecule has 3 aromatic heterocycles. The molecular weight excluding hydrogens is 685 g/mol. The van der Waals surface area contributed by atoms with Gasteiger partial charge >= 0.3 is 0 Å². The van der Waals surface area contributed by atoms with Gasteiger partial charge in [-0.1, -0.05) is 170 Å². The highest BCUT2D eigenvalue weighted by molar-refractivity contribution is 7.26. The van der Waals surface area contributed by atoms with E-state index in [0.717, 1.165) is 50.1 Å². The summed E-state index contributed by atoms with van der Waals surface area (Å²) in [4.78, 5) is 10.8. The Morgan fingerprint density at radius 2 is 0.891 bits per heavy atom. The first-order chi connectivity index (χ1) is 27.3. The quantitative estimate of drug-likeness (QED) is 0.170. The Morgan fingerprint density at radius 3 is 1.73 bits per heavy atom. The number of hydrogen-bond acceptors (Lipinski definition) is 3. The molecule has 0 saturated carbocycles. The van der Waals surface area contributed by atoms with Crippen molar-refractivity contribution in [3.8, 4) is 33.6 Å². The number of fused-ring (bicyclic) bond motifs is 14. The minimum Gasteiger partial charge on any atom is -0.247 e. The summed E-state index contributed by atoms with van der Waals surface area (Å²) in [5.74, 6) is 0. The van der Waals surface area contributed by atoms with Crippen molar-refractivity contribution in [2.75, 3.05) is 0 Å². The first-order valence-electron chi connectivity index (χ1n) is 18.7. The molecule has 3 heterocycles. The fourth-order valence-electron chi connectivity index (χ4n) is 8.81. The van der Waals surface area contributed by atoms with Gasteiger partial charge in [-0.2, -0.15) is 0 Å². The van der Waals surface area contributed by atoms with Gasteiger partial charge < -0.3 is 0 Å². The number of aromatic nitrogens is 2. The van der Waals surface area contributed by atoms with Crippen molar-refractivity contribution in [2.45, 2.75) is 0 Å². The van der Waals surface area contributed by atoms with Crippen LogP contribution in [0.4, 0.5) is 0 Å². The molecular formula is C52H30N2S. The summed E-state index contributed by atoms with van der Waals surface area (Å²) in [6, 6.07) is 65.9. The summed E-state index contributed by atoms with van der Waals surface area (Å²) < 4.78 is 2.62. The van der Waals surface area contributed by atoms with Gasteiger partial charge in [-0.3, -0.25) is 0 Å². The number of hydrogen-bond donors (Lipinski definition) is 0. The van der Waals surface area contributed by atoms with E-state index in [1.807, 2.05) is 11.3 Å². The Bertz CT molecular complexity index is 3530. The predicted molar refractivity (Wildman–Crippen MR) is 236 cm³/mol.